The standard InChI is InChI=1S/C13H25N3O/c1-5-11(2)16-8-6-13(15-16)10-12(14-3)7-9-17-4/h6,8,11-12,14H,5,7,9-10H2,1-4H3. The van der Waals surface area contributed by atoms with Crippen molar-refractivity contribution < 1.29 is 4.74 Å². The zero-order valence-corrected chi connectivity index (χ0v) is 11.4. The van der Waals surface area contributed by atoms with E-state index in [2.05, 4.69) is 41.2 Å². The Hall–Kier alpha value is -0.870. The molecule has 4 nitrogen and oxygen atoms in total. The smallest absolute Gasteiger partial charge is 0.0640 e. The first-order valence-corrected chi connectivity index (χ1v) is 6.41. The van der Waals surface area contributed by atoms with Crippen LogP contribution >= 0.6 is 0 Å². The summed E-state index contributed by atoms with van der Waals surface area (Å²) in [5.41, 5.74) is 1.15. The second-order valence-corrected chi connectivity index (χ2v) is 4.52. The lowest BCUT2D eigenvalue weighted by Crippen LogP contribution is -2.29. The minimum atomic E-state index is 0.440. The summed E-state index contributed by atoms with van der Waals surface area (Å²) in [5.74, 6) is 0. The van der Waals surface area contributed by atoms with Crippen LogP contribution in [0.4, 0.5) is 0 Å². The molecule has 0 radical (unpaired) electrons. The first kappa shape index (κ1) is 14.2. The Bertz CT molecular complexity index is 311. The van der Waals surface area contributed by atoms with Crippen LogP contribution in [0.5, 0.6) is 0 Å². The molecule has 0 aliphatic carbocycles. The molecule has 0 amide bonds. The molecule has 0 saturated carbocycles. The summed E-state index contributed by atoms with van der Waals surface area (Å²) in [5, 5.41) is 7.92. The van der Waals surface area contributed by atoms with Crippen LogP contribution in [-0.4, -0.2) is 36.6 Å². The highest BCUT2D eigenvalue weighted by atomic mass is 16.5. The van der Waals surface area contributed by atoms with Crippen molar-refractivity contribution in [1.82, 2.24) is 15.1 Å². The summed E-state index contributed by atoms with van der Waals surface area (Å²) in [6.45, 7) is 5.16. The van der Waals surface area contributed by atoms with Gasteiger partial charge in [-0.3, -0.25) is 4.68 Å². The maximum atomic E-state index is 5.11. The molecule has 0 aliphatic rings. The summed E-state index contributed by atoms with van der Waals surface area (Å²) < 4.78 is 7.16. The Kier molecular flexibility index (Phi) is 6.22. The van der Waals surface area contributed by atoms with Gasteiger partial charge in [0, 0.05) is 38.4 Å². The van der Waals surface area contributed by atoms with Crippen LogP contribution in [0.1, 0.15) is 38.4 Å². The van der Waals surface area contributed by atoms with Gasteiger partial charge >= 0.3 is 0 Å². The fraction of sp³-hybridized carbons (Fsp3) is 0.769. The number of likely N-dealkylation sites (N-methyl/N-ethyl adjacent to an activating group) is 1. The lowest BCUT2D eigenvalue weighted by atomic mass is 10.1. The van der Waals surface area contributed by atoms with Crippen molar-refractivity contribution in [3.8, 4) is 0 Å². The molecule has 1 aromatic rings. The van der Waals surface area contributed by atoms with Crippen LogP contribution in [0, 0.1) is 0 Å². The maximum Gasteiger partial charge on any atom is 0.0640 e. The number of hydrogen-bond acceptors (Lipinski definition) is 3. The van der Waals surface area contributed by atoms with Crippen molar-refractivity contribution in [3.63, 3.8) is 0 Å². The summed E-state index contributed by atoms with van der Waals surface area (Å²) >= 11 is 0. The van der Waals surface area contributed by atoms with Gasteiger partial charge in [-0.15, -0.1) is 0 Å². The number of rotatable bonds is 8. The van der Waals surface area contributed by atoms with E-state index >= 15 is 0 Å². The third-order valence-corrected chi connectivity index (χ3v) is 3.24. The van der Waals surface area contributed by atoms with Crippen LogP contribution in [-0.2, 0) is 11.2 Å². The van der Waals surface area contributed by atoms with Crippen LogP contribution < -0.4 is 5.32 Å². The Labute approximate surface area is 104 Å². The van der Waals surface area contributed by atoms with Crippen molar-refractivity contribution in [1.29, 1.82) is 0 Å². The zero-order chi connectivity index (χ0) is 12.7. The molecule has 1 rings (SSSR count). The van der Waals surface area contributed by atoms with Gasteiger partial charge in [-0.2, -0.15) is 5.10 Å². The number of nitrogens with one attached hydrogen (secondary N) is 1. The van der Waals surface area contributed by atoms with Crippen LogP contribution in [0.15, 0.2) is 12.3 Å². The molecule has 17 heavy (non-hydrogen) atoms. The lowest BCUT2D eigenvalue weighted by Gasteiger charge is -2.14. The average molecular weight is 239 g/mol. The second-order valence-electron chi connectivity index (χ2n) is 4.52. The van der Waals surface area contributed by atoms with E-state index in [1.54, 1.807) is 7.11 Å². The van der Waals surface area contributed by atoms with Crippen molar-refractivity contribution in [3.05, 3.63) is 18.0 Å². The van der Waals surface area contributed by atoms with Gasteiger partial charge in [-0.1, -0.05) is 6.92 Å². The molecule has 0 bridgehead atoms. The van der Waals surface area contributed by atoms with Gasteiger partial charge in [0.25, 0.3) is 0 Å². The molecule has 1 N–H and O–H groups in total. The number of methoxy groups -OCH3 is 1. The zero-order valence-electron chi connectivity index (χ0n) is 11.4. The highest BCUT2D eigenvalue weighted by Gasteiger charge is 2.10. The predicted octanol–water partition coefficient (Wildman–Crippen LogP) is 2.02. The minimum absolute atomic E-state index is 0.440. The van der Waals surface area contributed by atoms with E-state index in [0.717, 1.165) is 31.6 Å². The van der Waals surface area contributed by atoms with Gasteiger partial charge in [0.1, 0.15) is 0 Å². The monoisotopic (exact) mass is 239 g/mol. The van der Waals surface area contributed by atoms with E-state index in [0.29, 0.717) is 12.1 Å². The van der Waals surface area contributed by atoms with E-state index in [1.807, 2.05) is 7.05 Å². The summed E-state index contributed by atoms with van der Waals surface area (Å²) in [7, 11) is 3.73. The molecule has 98 valence electrons. The van der Waals surface area contributed by atoms with Crippen LogP contribution in [0.3, 0.4) is 0 Å². The molecule has 2 atom stereocenters. The minimum Gasteiger partial charge on any atom is -0.385 e. The average Bonchev–Trinajstić information content (AvgIpc) is 2.81. The van der Waals surface area contributed by atoms with E-state index in [1.165, 1.54) is 0 Å². The molecular weight excluding hydrogens is 214 g/mol. The molecule has 0 spiro atoms. The predicted molar refractivity (Wildman–Crippen MR) is 70.3 cm³/mol. The summed E-state index contributed by atoms with van der Waals surface area (Å²) in [6.07, 6.45) is 5.17. The van der Waals surface area contributed by atoms with Gasteiger partial charge in [0.2, 0.25) is 0 Å². The maximum absolute atomic E-state index is 5.11. The van der Waals surface area contributed by atoms with Gasteiger partial charge < -0.3 is 10.1 Å². The van der Waals surface area contributed by atoms with Gasteiger partial charge in [-0.25, -0.2) is 0 Å². The molecule has 0 saturated heterocycles. The first-order chi connectivity index (χ1) is 8.21. The van der Waals surface area contributed by atoms with Crippen LogP contribution in [0.25, 0.3) is 0 Å². The van der Waals surface area contributed by atoms with Crippen LogP contribution in [0.2, 0.25) is 0 Å². The Morgan fingerprint density at radius 1 is 1.53 bits per heavy atom. The third-order valence-electron chi connectivity index (χ3n) is 3.24. The van der Waals surface area contributed by atoms with Gasteiger partial charge in [0.15, 0.2) is 0 Å². The summed E-state index contributed by atoms with van der Waals surface area (Å²) in [6, 6.07) is 3.04. The van der Waals surface area contributed by atoms with Crippen molar-refractivity contribution in [2.24, 2.45) is 0 Å². The molecule has 1 aromatic heterocycles. The molecule has 0 aliphatic heterocycles. The Balaban J connectivity index is 2.52. The third kappa shape index (κ3) is 4.48. The molecule has 0 aromatic carbocycles. The fourth-order valence-corrected chi connectivity index (χ4v) is 1.78. The molecular formula is C13H25N3O. The van der Waals surface area contributed by atoms with Gasteiger partial charge in [0.05, 0.1) is 5.69 Å². The fourth-order valence-electron chi connectivity index (χ4n) is 1.78. The number of ether oxygens (including phenoxy) is 1. The molecule has 0 fully saturated rings. The lowest BCUT2D eigenvalue weighted by molar-refractivity contribution is 0.183. The molecule has 1 heterocycles. The normalized spacial score (nSPS) is 14.8. The highest BCUT2D eigenvalue weighted by Crippen LogP contribution is 2.11. The summed E-state index contributed by atoms with van der Waals surface area (Å²) in [4.78, 5) is 0. The van der Waals surface area contributed by atoms with E-state index in [-0.39, 0.29) is 0 Å². The van der Waals surface area contributed by atoms with Crippen molar-refractivity contribution in [2.75, 3.05) is 20.8 Å². The topological polar surface area (TPSA) is 39.1 Å². The number of aromatic nitrogens is 2. The quantitative estimate of drug-likeness (QED) is 0.754. The number of nitrogens with zero attached hydrogens (tertiary/aromatic N) is 2. The second kappa shape index (κ2) is 7.45. The Morgan fingerprint density at radius 2 is 2.29 bits per heavy atom. The number of hydrogen-bond donors (Lipinski definition) is 1. The van der Waals surface area contributed by atoms with E-state index in [4.69, 9.17) is 4.74 Å². The van der Waals surface area contributed by atoms with E-state index < -0.39 is 0 Å². The van der Waals surface area contributed by atoms with Crippen molar-refractivity contribution in [2.45, 2.75) is 45.2 Å². The van der Waals surface area contributed by atoms with Crippen molar-refractivity contribution >= 4 is 0 Å². The molecule has 2 unspecified atom stereocenters. The Morgan fingerprint density at radius 3 is 2.88 bits per heavy atom. The SMILES string of the molecule is CCC(C)n1ccc(CC(CCOC)NC)n1. The highest BCUT2D eigenvalue weighted by molar-refractivity contribution is 5.02. The van der Waals surface area contributed by atoms with Gasteiger partial charge in [-0.05, 0) is 32.9 Å². The van der Waals surface area contributed by atoms with E-state index in [9.17, 15) is 0 Å². The largest absolute Gasteiger partial charge is 0.385 e. The first-order valence-electron chi connectivity index (χ1n) is 6.41. The molecule has 4 heteroatoms.